The maximum absolute atomic E-state index is 9.55. The summed E-state index contributed by atoms with van der Waals surface area (Å²) in [6.45, 7) is 2.62. The maximum atomic E-state index is 9.55. The number of rotatable bonds is 7. The van der Waals surface area contributed by atoms with Crippen LogP contribution < -0.4 is 10.6 Å². The molecule has 0 saturated heterocycles. The molecule has 0 amide bonds. The van der Waals surface area contributed by atoms with E-state index in [0.29, 0.717) is 18.7 Å². The van der Waals surface area contributed by atoms with E-state index in [1.165, 1.54) is 5.01 Å². The molecule has 0 aliphatic heterocycles. The molecule has 23 heavy (non-hydrogen) atoms. The van der Waals surface area contributed by atoms with Crippen molar-refractivity contribution >= 4 is 11.9 Å². The van der Waals surface area contributed by atoms with Gasteiger partial charge in [0.2, 0.25) is 0 Å². The summed E-state index contributed by atoms with van der Waals surface area (Å²) in [5, 5.41) is 26.6. The van der Waals surface area contributed by atoms with E-state index in [-0.39, 0.29) is 6.61 Å². The molecule has 1 aromatic carbocycles. The van der Waals surface area contributed by atoms with Gasteiger partial charge in [0.25, 0.3) is 0 Å². The van der Waals surface area contributed by atoms with Crippen LogP contribution in [-0.2, 0) is 9.59 Å². The lowest BCUT2D eigenvalue weighted by atomic mass is 10.2. The van der Waals surface area contributed by atoms with Crippen molar-refractivity contribution in [2.45, 2.75) is 13.0 Å². The third-order valence-electron chi connectivity index (χ3n) is 2.39. The fourth-order valence-corrected chi connectivity index (χ4v) is 1.43. The number of benzene rings is 1. The molecule has 5 N–H and O–H groups in total. The molecule has 128 valence electrons. The molecule has 8 heteroatoms. The van der Waals surface area contributed by atoms with Crippen molar-refractivity contribution in [2.24, 2.45) is 5.84 Å². The molecule has 0 heterocycles. The Bertz CT molecular complexity index is 514. The monoisotopic (exact) mass is 326 g/mol. The predicted octanol–water partition coefficient (Wildman–Crippen LogP) is 0.252. The fraction of sp³-hybridized carbons (Fsp3) is 0.333. The quantitative estimate of drug-likeness (QED) is 0.318. The molecular weight excluding hydrogens is 304 g/mol. The van der Waals surface area contributed by atoms with E-state index in [0.717, 1.165) is 11.3 Å². The van der Waals surface area contributed by atoms with Crippen molar-refractivity contribution in [1.82, 2.24) is 5.01 Å². The minimum absolute atomic E-state index is 0.256. The second-order valence-corrected chi connectivity index (χ2v) is 4.68. The van der Waals surface area contributed by atoms with Crippen LogP contribution in [0.5, 0.6) is 5.75 Å². The first-order chi connectivity index (χ1) is 10.7. The third-order valence-corrected chi connectivity index (χ3v) is 2.39. The Hall–Kier alpha value is -2.42. The minimum atomic E-state index is -1.26. The van der Waals surface area contributed by atoms with Crippen molar-refractivity contribution in [3.05, 3.63) is 42.0 Å². The van der Waals surface area contributed by atoms with Gasteiger partial charge in [-0.3, -0.25) is 5.84 Å². The summed E-state index contributed by atoms with van der Waals surface area (Å²) in [5.74, 6) is 3.70. The zero-order valence-corrected chi connectivity index (χ0v) is 13.0. The lowest BCUT2D eigenvalue weighted by molar-refractivity contribution is -0.134. The lowest BCUT2D eigenvalue weighted by Gasteiger charge is -2.16. The van der Waals surface area contributed by atoms with Crippen LogP contribution in [0.15, 0.2) is 36.4 Å². The minimum Gasteiger partial charge on any atom is -0.491 e. The Morgan fingerprint density at radius 2 is 1.78 bits per heavy atom. The number of para-hydroxylation sites is 1. The molecule has 1 rings (SSSR count). The van der Waals surface area contributed by atoms with Gasteiger partial charge in [-0.1, -0.05) is 18.2 Å². The number of aliphatic hydroxyl groups is 1. The predicted molar refractivity (Wildman–Crippen MR) is 83.9 cm³/mol. The first-order valence-corrected chi connectivity index (χ1v) is 6.68. The Morgan fingerprint density at radius 3 is 2.22 bits per heavy atom. The smallest absolute Gasteiger partial charge is 0.328 e. The van der Waals surface area contributed by atoms with Gasteiger partial charge >= 0.3 is 11.9 Å². The standard InChI is InChI=1S/C11H18N2O2.C4H4O4/c1-9-5-3-4-6-11(9)15-8-10(14)7-13(2)12;5-3(6)1-2-4(7)8/h3-6,10,14H,7-8,12H2,1-2H3;1-2H,(H,5,6)(H,7,8)/b;2-1+. The molecule has 0 fully saturated rings. The summed E-state index contributed by atoms with van der Waals surface area (Å²) < 4.78 is 5.47. The number of hydrazine groups is 1. The average Bonchev–Trinajstić information content (AvgIpc) is 2.44. The number of nitrogens with zero attached hydrogens (tertiary/aromatic N) is 1. The van der Waals surface area contributed by atoms with Crippen LogP contribution in [0.25, 0.3) is 0 Å². The van der Waals surface area contributed by atoms with Crippen molar-refractivity contribution < 1.29 is 29.6 Å². The zero-order chi connectivity index (χ0) is 17.8. The third kappa shape index (κ3) is 11.9. The summed E-state index contributed by atoms with van der Waals surface area (Å²) in [6, 6.07) is 7.71. The van der Waals surface area contributed by atoms with E-state index in [9.17, 15) is 14.7 Å². The topological polar surface area (TPSA) is 133 Å². The molecule has 0 aromatic heterocycles. The molecule has 0 spiro atoms. The summed E-state index contributed by atoms with van der Waals surface area (Å²) in [5.41, 5.74) is 1.06. The number of nitrogens with two attached hydrogens (primary N) is 1. The number of aliphatic carboxylic acids is 2. The SMILES string of the molecule is Cc1ccccc1OCC(O)CN(C)N.O=C(O)/C=C/C(=O)O. The van der Waals surface area contributed by atoms with Crippen LogP contribution in [0, 0.1) is 6.92 Å². The first kappa shape index (κ1) is 20.6. The van der Waals surface area contributed by atoms with E-state index in [1.54, 1.807) is 7.05 Å². The zero-order valence-electron chi connectivity index (χ0n) is 13.0. The van der Waals surface area contributed by atoms with Crippen molar-refractivity contribution in [1.29, 1.82) is 0 Å². The molecule has 8 nitrogen and oxygen atoms in total. The van der Waals surface area contributed by atoms with E-state index in [1.807, 2.05) is 31.2 Å². The van der Waals surface area contributed by atoms with Crippen molar-refractivity contribution in [2.75, 3.05) is 20.2 Å². The number of carbonyl (C=O) groups is 2. The van der Waals surface area contributed by atoms with Gasteiger partial charge in [0, 0.05) is 25.7 Å². The number of hydrogen-bond acceptors (Lipinski definition) is 6. The van der Waals surface area contributed by atoms with E-state index in [2.05, 4.69) is 0 Å². The Kier molecular flexibility index (Phi) is 10.0. The molecule has 0 bridgehead atoms. The largest absolute Gasteiger partial charge is 0.491 e. The highest BCUT2D eigenvalue weighted by molar-refractivity contribution is 5.89. The van der Waals surface area contributed by atoms with Crippen molar-refractivity contribution in [3.63, 3.8) is 0 Å². The van der Waals surface area contributed by atoms with Gasteiger partial charge < -0.3 is 20.1 Å². The number of likely N-dealkylation sites (N-methyl/N-ethyl adjacent to an activating group) is 1. The van der Waals surface area contributed by atoms with E-state index in [4.69, 9.17) is 20.8 Å². The molecule has 0 saturated carbocycles. The number of carboxylic acid groups (broad SMARTS) is 2. The average molecular weight is 326 g/mol. The molecule has 0 radical (unpaired) electrons. The van der Waals surface area contributed by atoms with Gasteiger partial charge in [0.15, 0.2) is 0 Å². The van der Waals surface area contributed by atoms with Gasteiger partial charge in [0.05, 0.1) is 0 Å². The van der Waals surface area contributed by atoms with Crippen LogP contribution >= 0.6 is 0 Å². The number of hydrogen-bond donors (Lipinski definition) is 4. The van der Waals surface area contributed by atoms with Crippen LogP contribution in [0.2, 0.25) is 0 Å². The second-order valence-electron chi connectivity index (χ2n) is 4.68. The number of aryl methyl sites for hydroxylation is 1. The van der Waals surface area contributed by atoms with Crippen LogP contribution in [-0.4, -0.2) is 58.6 Å². The van der Waals surface area contributed by atoms with Crippen LogP contribution in [0.3, 0.4) is 0 Å². The van der Waals surface area contributed by atoms with Crippen LogP contribution in [0.4, 0.5) is 0 Å². The van der Waals surface area contributed by atoms with Gasteiger partial charge in [-0.2, -0.15) is 0 Å². The first-order valence-electron chi connectivity index (χ1n) is 6.68. The molecule has 0 aliphatic rings. The number of aliphatic hydroxyl groups excluding tert-OH is 1. The van der Waals surface area contributed by atoms with Gasteiger partial charge in [-0.25, -0.2) is 14.6 Å². The normalized spacial score (nSPS) is 11.7. The van der Waals surface area contributed by atoms with Gasteiger partial charge in [-0.05, 0) is 18.6 Å². The Morgan fingerprint density at radius 1 is 1.26 bits per heavy atom. The van der Waals surface area contributed by atoms with Gasteiger partial charge in [-0.15, -0.1) is 0 Å². The molecule has 1 atom stereocenters. The second kappa shape index (κ2) is 11.2. The maximum Gasteiger partial charge on any atom is 0.328 e. The highest BCUT2D eigenvalue weighted by Gasteiger charge is 2.07. The highest BCUT2D eigenvalue weighted by Crippen LogP contribution is 2.16. The van der Waals surface area contributed by atoms with Crippen molar-refractivity contribution in [3.8, 4) is 5.75 Å². The van der Waals surface area contributed by atoms with E-state index >= 15 is 0 Å². The Balaban J connectivity index is 0.000000515. The molecule has 1 aromatic rings. The molecule has 1 unspecified atom stereocenters. The summed E-state index contributed by atoms with van der Waals surface area (Å²) in [7, 11) is 1.71. The Labute approximate surface area is 134 Å². The summed E-state index contributed by atoms with van der Waals surface area (Å²) in [4.78, 5) is 19.1. The van der Waals surface area contributed by atoms with Gasteiger partial charge in [0.1, 0.15) is 18.5 Å². The summed E-state index contributed by atoms with van der Waals surface area (Å²) in [6.07, 6.45) is 0.546. The van der Waals surface area contributed by atoms with Crippen LogP contribution in [0.1, 0.15) is 5.56 Å². The molecular formula is C15H22N2O6. The lowest BCUT2D eigenvalue weighted by Crippen LogP contribution is -2.37. The van der Waals surface area contributed by atoms with E-state index < -0.39 is 18.0 Å². The molecule has 0 aliphatic carbocycles. The number of carboxylic acids is 2. The highest BCUT2D eigenvalue weighted by atomic mass is 16.5. The number of ether oxygens (including phenoxy) is 1. The fourth-order valence-electron chi connectivity index (χ4n) is 1.43. The summed E-state index contributed by atoms with van der Waals surface area (Å²) >= 11 is 0.